The number of amides is 1. The molecule has 140 valence electrons. The number of halogens is 2. The fraction of sp³-hybridized carbons (Fsp3) is 0.368. The van der Waals surface area contributed by atoms with E-state index in [0.717, 1.165) is 49.3 Å². The third kappa shape index (κ3) is 4.57. The molecule has 1 saturated carbocycles. The van der Waals surface area contributed by atoms with Crippen molar-refractivity contribution in [1.82, 2.24) is 15.5 Å². The van der Waals surface area contributed by atoms with Gasteiger partial charge < -0.3 is 10.1 Å². The molecular weight excluding hydrogens is 387 g/mol. The van der Waals surface area contributed by atoms with E-state index in [0.29, 0.717) is 5.02 Å². The van der Waals surface area contributed by atoms with E-state index in [4.69, 9.17) is 27.9 Å². The summed E-state index contributed by atoms with van der Waals surface area (Å²) < 4.78 is 6.07. The number of benzene rings is 1. The minimum atomic E-state index is -0.228. The molecule has 27 heavy (non-hydrogen) atoms. The molecule has 0 bridgehead atoms. The van der Waals surface area contributed by atoms with Crippen molar-refractivity contribution < 1.29 is 9.53 Å². The molecule has 0 saturated heterocycles. The van der Waals surface area contributed by atoms with Crippen LogP contribution < -0.4 is 10.1 Å². The van der Waals surface area contributed by atoms with E-state index in [-0.39, 0.29) is 28.9 Å². The summed E-state index contributed by atoms with van der Waals surface area (Å²) in [7, 11) is 0. The predicted octanol–water partition coefficient (Wildman–Crippen LogP) is 3.71. The molecule has 1 aromatic heterocycles. The van der Waals surface area contributed by atoms with Crippen LogP contribution >= 0.6 is 23.2 Å². The zero-order chi connectivity index (χ0) is 18.8. The summed E-state index contributed by atoms with van der Waals surface area (Å²) >= 11 is 12.0. The number of rotatable bonds is 5. The van der Waals surface area contributed by atoms with Crippen molar-refractivity contribution >= 4 is 34.8 Å². The van der Waals surface area contributed by atoms with Crippen molar-refractivity contribution in [2.45, 2.75) is 37.8 Å². The van der Waals surface area contributed by atoms with Crippen LogP contribution in [-0.4, -0.2) is 40.5 Å². The topological polar surface area (TPSA) is 76.5 Å². The van der Waals surface area contributed by atoms with Crippen LogP contribution in [-0.2, 0) is 0 Å². The first kappa shape index (κ1) is 18.2. The molecule has 0 radical (unpaired) electrons. The van der Waals surface area contributed by atoms with E-state index in [9.17, 15) is 4.79 Å². The van der Waals surface area contributed by atoms with Gasteiger partial charge in [-0.25, -0.2) is 0 Å². The Labute approximate surface area is 166 Å². The maximum atomic E-state index is 12.2. The van der Waals surface area contributed by atoms with Crippen LogP contribution in [0.4, 0.5) is 0 Å². The lowest BCUT2D eigenvalue weighted by Gasteiger charge is -2.29. The Kier molecular flexibility index (Phi) is 5.27. The van der Waals surface area contributed by atoms with Crippen molar-refractivity contribution in [2.24, 2.45) is 4.99 Å². The van der Waals surface area contributed by atoms with E-state index in [1.54, 1.807) is 12.1 Å². The summed E-state index contributed by atoms with van der Waals surface area (Å²) in [6, 6.07) is 8.98. The van der Waals surface area contributed by atoms with Crippen LogP contribution in [0.2, 0.25) is 10.2 Å². The van der Waals surface area contributed by atoms with Gasteiger partial charge in [-0.05, 0) is 56.0 Å². The summed E-state index contributed by atoms with van der Waals surface area (Å²) in [6.45, 7) is 0.775. The van der Waals surface area contributed by atoms with Gasteiger partial charge in [0.25, 0.3) is 5.91 Å². The van der Waals surface area contributed by atoms with Crippen LogP contribution in [0, 0.1) is 0 Å². The summed E-state index contributed by atoms with van der Waals surface area (Å²) in [5.41, 5.74) is 2.31. The predicted molar refractivity (Wildman–Crippen MR) is 104 cm³/mol. The number of hydrogen-bond acceptors (Lipinski definition) is 5. The number of nitrogens with one attached hydrogen (secondary N) is 1. The molecule has 1 fully saturated rings. The molecule has 0 spiro atoms. The Bertz CT molecular complexity index is 878. The molecule has 1 aromatic carbocycles. The third-order valence-corrected chi connectivity index (χ3v) is 5.26. The largest absolute Gasteiger partial charge is 0.490 e. The molecule has 2 aromatic rings. The highest BCUT2D eigenvalue weighted by molar-refractivity contribution is 6.35. The third-order valence-electron chi connectivity index (χ3n) is 4.74. The highest BCUT2D eigenvalue weighted by Crippen LogP contribution is 2.29. The number of hydrogen-bond donors (Lipinski definition) is 1. The molecule has 1 amide bonds. The van der Waals surface area contributed by atoms with Gasteiger partial charge in [0.15, 0.2) is 10.8 Å². The second-order valence-electron chi connectivity index (χ2n) is 6.71. The Morgan fingerprint density at radius 3 is 2.48 bits per heavy atom. The maximum Gasteiger partial charge on any atom is 0.272 e. The zero-order valence-electron chi connectivity index (χ0n) is 14.5. The molecule has 1 aliphatic carbocycles. The van der Waals surface area contributed by atoms with Crippen LogP contribution in [0.1, 0.15) is 41.7 Å². The summed E-state index contributed by atoms with van der Waals surface area (Å²) in [5.74, 6) is 0.544. The summed E-state index contributed by atoms with van der Waals surface area (Å²) in [5, 5.41) is 11.4. The second kappa shape index (κ2) is 7.82. The van der Waals surface area contributed by atoms with Gasteiger partial charge in [0.2, 0.25) is 0 Å². The van der Waals surface area contributed by atoms with Gasteiger partial charge in [-0.15, -0.1) is 10.2 Å². The lowest BCUT2D eigenvalue weighted by Crippen LogP contribution is -2.40. The van der Waals surface area contributed by atoms with Crippen LogP contribution in [0.25, 0.3) is 0 Å². The number of ether oxygens (including phenoxy) is 1. The zero-order valence-corrected chi connectivity index (χ0v) is 16.0. The number of carbonyl (C=O) groups excluding carboxylic acids is 1. The molecule has 8 heteroatoms. The SMILES string of the molecule is O=C(N[C@H]1CC[C@H](Oc2ccc(C3=NC3)c(Cl)c2)CC1)c1ccc(Cl)nn1. The van der Waals surface area contributed by atoms with E-state index in [2.05, 4.69) is 20.5 Å². The Morgan fingerprint density at radius 2 is 1.85 bits per heavy atom. The summed E-state index contributed by atoms with van der Waals surface area (Å²) in [6.07, 6.45) is 3.54. The summed E-state index contributed by atoms with van der Waals surface area (Å²) in [4.78, 5) is 16.4. The van der Waals surface area contributed by atoms with E-state index >= 15 is 0 Å². The quantitative estimate of drug-likeness (QED) is 0.823. The van der Waals surface area contributed by atoms with Gasteiger partial charge in [0, 0.05) is 11.6 Å². The molecule has 0 atom stereocenters. The number of aromatic nitrogens is 2. The monoisotopic (exact) mass is 404 g/mol. The van der Waals surface area contributed by atoms with E-state index in [1.807, 2.05) is 18.2 Å². The molecule has 1 N–H and O–H groups in total. The molecule has 6 nitrogen and oxygen atoms in total. The van der Waals surface area contributed by atoms with Crippen LogP contribution in [0.15, 0.2) is 35.3 Å². The van der Waals surface area contributed by atoms with E-state index < -0.39 is 0 Å². The van der Waals surface area contributed by atoms with E-state index in [1.165, 1.54) is 0 Å². The average molecular weight is 405 g/mol. The normalized spacial score (nSPS) is 21.3. The molecular formula is C19H18Cl2N4O2. The number of aliphatic imine (C=N–C) groups is 1. The van der Waals surface area contributed by atoms with Gasteiger partial charge >= 0.3 is 0 Å². The Hall–Kier alpha value is -2.18. The van der Waals surface area contributed by atoms with Gasteiger partial charge in [-0.2, -0.15) is 0 Å². The highest BCUT2D eigenvalue weighted by Gasteiger charge is 2.25. The standard InChI is InChI=1S/C19H18Cl2N4O2/c20-15-9-13(5-6-14(15)17-10-22-17)27-12-3-1-11(2-4-12)23-19(26)16-7-8-18(21)25-24-16/h5-9,11-12H,1-4,10H2,(H,23,26)/t11-,12-. The van der Waals surface area contributed by atoms with Crippen LogP contribution in [0.3, 0.4) is 0 Å². The van der Waals surface area contributed by atoms with Crippen molar-refractivity contribution in [3.8, 4) is 5.75 Å². The Morgan fingerprint density at radius 1 is 1.07 bits per heavy atom. The lowest BCUT2D eigenvalue weighted by molar-refractivity contribution is 0.0888. The van der Waals surface area contributed by atoms with Crippen molar-refractivity contribution in [2.75, 3.05) is 6.54 Å². The first-order chi connectivity index (χ1) is 13.1. The van der Waals surface area contributed by atoms with Gasteiger partial charge in [-0.1, -0.05) is 23.2 Å². The smallest absolute Gasteiger partial charge is 0.272 e. The number of carbonyl (C=O) groups is 1. The average Bonchev–Trinajstić information content (AvgIpc) is 3.49. The first-order valence-electron chi connectivity index (χ1n) is 8.88. The Balaban J connectivity index is 1.27. The van der Waals surface area contributed by atoms with Crippen LogP contribution in [0.5, 0.6) is 5.75 Å². The fourth-order valence-corrected chi connectivity index (χ4v) is 3.61. The minimum Gasteiger partial charge on any atom is -0.490 e. The molecule has 2 heterocycles. The molecule has 2 aliphatic rings. The molecule has 1 aliphatic heterocycles. The number of nitrogens with zero attached hydrogens (tertiary/aromatic N) is 3. The first-order valence-corrected chi connectivity index (χ1v) is 9.64. The van der Waals surface area contributed by atoms with Crippen molar-refractivity contribution in [3.63, 3.8) is 0 Å². The van der Waals surface area contributed by atoms with Crippen molar-refractivity contribution in [1.29, 1.82) is 0 Å². The fourth-order valence-electron chi connectivity index (χ4n) is 3.23. The van der Waals surface area contributed by atoms with Gasteiger partial charge in [0.05, 0.1) is 23.4 Å². The maximum absolute atomic E-state index is 12.2. The van der Waals surface area contributed by atoms with Gasteiger partial charge in [0.1, 0.15) is 5.75 Å². The second-order valence-corrected chi connectivity index (χ2v) is 7.51. The highest BCUT2D eigenvalue weighted by atomic mass is 35.5. The molecule has 0 unspecified atom stereocenters. The molecule has 4 rings (SSSR count). The lowest BCUT2D eigenvalue weighted by atomic mass is 9.92. The minimum absolute atomic E-state index is 0.105. The van der Waals surface area contributed by atoms with Gasteiger partial charge in [-0.3, -0.25) is 9.79 Å². The van der Waals surface area contributed by atoms with Crippen molar-refractivity contribution in [3.05, 3.63) is 51.8 Å².